The van der Waals surface area contributed by atoms with Gasteiger partial charge in [0.1, 0.15) is 12.1 Å². The first-order valence-corrected chi connectivity index (χ1v) is 11.1. The van der Waals surface area contributed by atoms with Gasteiger partial charge in [-0.05, 0) is 59.7 Å². The van der Waals surface area contributed by atoms with Crippen molar-refractivity contribution in [1.82, 2.24) is 15.0 Å². The summed E-state index contributed by atoms with van der Waals surface area (Å²) in [6.07, 6.45) is 1.22. The highest BCUT2D eigenvalue weighted by atomic mass is 16.5. The van der Waals surface area contributed by atoms with Crippen molar-refractivity contribution in [1.29, 1.82) is 0 Å². The van der Waals surface area contributed by atoms with Crippen LogP contribution in [0.2, 0.25) is 0 Å². The predicted octanol–water partition coefficient (Wildman–Crippen LogP) is 5.41. The van der Waals surface area contributed by atoms with Crippen molar-refractivity contribution in [3.63, 3.8) is 0 Å². The Bertz CT molecular complexity index is 1240. The number of aromatic nitrogens is 3. The molecule has 4 aromatic rings. The SMILES string of the molecule is CCc1cc([C@@H](CC(=O)OCc2ccccc2)c2ccc3c(nnn3C)c2C)ccc1C. The van der Waals surface area contributed by atoms with Crippen molar-refractivity contribution in [3.8, 4) is 0 Å². The van der Waals surface area contributed by atoms with Gasteiger partial charge < -0.3 is 4.74 Å². The summed E-state index contributed by atoms with van der Waals surface area (Å²) in [5.74, 6) is -0.327. The minimum atomic E-state index is -0.212. The molecule has 0 unspecified atom stereocenters. The maximum absolute atomic E-state index is 12.9. The quantitative estimate of drug-likeness (QED) is 0.370. The minimum absolute atomic E-state index is 0.115. The van der Waals surface area contributed by atoms with E-state index in [0.29, 0.717) is 0 Å². The maximum Gasteiger partial charge on any atom is 0.307 e. The molecule has 0 radical (unpaired) electrons. The number of hydrogen-bond donors (Lipinski definition) is 0. The smallest absolute Gasteiger partial charge is 0.307 e. The van der Waals surface area contributed by atoms with Crippen molar-refractivity contribution in [2.45, 2.75) is 46.1 Å². The molecule has 32 heavy (non-hydrogen) atoms. The lowest BCUT2D eigenvalue weighted by molar-refractivity contribution is -0.145. The summed E-state index contributed by atoms with van der Waals surface area (Å²) in [7, 11) is 1.89. The van der Waals surface area contributed by atoms with E-state index >= 15 is 0 Å². The van der Waals surface area contributed by atoms with Crippen LogP contribution in [0.1, 0.15) is 52.6 Å². The van der Waals surface area contributed by atoms with E-state index < -0.39 is 0 Å². The molecule has 0 saturated carbocycles. The molecule has 0 aliphatic rings. The molecule has 0 aliphatic heterocycles. The van der Waals surface area contributed by atoms with Crippen LogP contribution in [-0.2, 0) is 29.6 Å². The molecular weight excluding hydrogens is 398 g/mol. The van der Waals surface area contributed by atoms with Gasteiger partial charge in [0, 0.05) is 13.0 Å². The highest BCUT2D eigenvalue weighted by molar-refractivity contribution is 5.80. The van der Waals surface area contributed by atoms with Crippen LogP contribution in [0.25, 0.3) is 11.0 Å². The molecule has 0 fully saturated rings. The third-order valence-corrected chi connectivity index (χ3v) is 6.22. The van der Waals surface area contributed by atoms with Crippen LogP contribution in [0, 0.1) is 13.8 Å². The largest absolute Gasteiger partial charge is 0.461 e. The Hall–Kier alpha value is -3.47. The van der Waals surface area contributed by atoms with Gasteiger partial charge in [-0.1, -0.05) is 66.7 Å². The zero-order valence-corrected chi connectivity index (χ0v) is 19.1. The summed E-state index contributed by atoms with van der Waals surface area (Å²) in [4.78, 5) is 12.9. The Balaban J connectivity index is 1.68. The molecule has 0 N–H and O–H groups in total. The molecule has 0 amide bonds. The lowest BCUT2D eigenvalue weighted by Crippen LogP contribution is -2.13. The second-order valence-electron chi connectivity index (χ2n) is 8.30. The van der Waals surface area contributed by atoms with E-state index in [1.807, 2.05) is 43.4 Å². The normalized spacial score (nSPS) is 12.1. The number of hydrogen-bond acceptors (Lipinski definition) is 4. The van der Waals surface area contributed by atoms with E-state index in [2.05, 4.69) is 55.3 Å². The lowest BCUT2D eigenvalue weighted by Gasteiger charge is -2.21. The summed E-state index contributed by atoms with van der Waals surface area (Å²) in [5.41, 5.74) is 8.65. The number of nitrogens with zero attached hydrogens (tertiary/aromatic N) is 3. The third kappa shape index (κ3) is 4.42. The number of benzene rings is 3. The Morgan fingerprint density at radius 1 is 1.06 bits per heavy atom. The van der Waals surface area contributed by atoms with Gasteiger partial charge in [-0.15, -0.1) is 5.10 Å². The Morgan fingerprint density at radius 3 is 2.59 bits per heavy atom. The summed E-state index contributed by atoms with van der Waals surface area (Å²) in [6.45, 7) is 6.63. The van der Waals surface area contributed by atoms with Gasteiger partial charge in [-0.25, -0.2) is 4.68 Å². The van der Waals surface area contributed by atoms with Gasteiger partial charge in [0.15, 0.2) is 0 Å². The van der Waals surface area contributed by atoms with Crippen molar-refractivity contribution in [3.05, 3.63) is 94.0 Å². The Kier molecular flexibility index (Phi) is 6.35. The fourth-order valence-electron chi connectivity index (χ4n) is 4.29. The highest BCUT2D eigenvalue weighted by Crippen LogP contribution is 2.34. The molecule has 1 atom stereocenters. The van der Waals surface area contributed by atoms with E-state index in [4.69, 9.17) is 4.74 Å². The number of aryl methyl sites for hydroxylation is 4. The minimum Gasteiger partial charge on any atom is -0.461 e. The molecule has 3 aromatic carbocycles. The van der Waals surface area contributed by atoms with Crippen LogP contribution in [0.3, 0.4) is 0 Å². The molecule has 1 aromatic heterocycles. The second-order valence-corrected chi connectivity index (χ2v) is 8.30. The zero-order valence-electron chi connectivity index (χ0n) is 19.1. The van der Waals surface area contributed by atoms with E-state index in [1.54, 1.807) is 4.68 Å². The average molecular weight is 428 g/mol. The van der Waals surface area contributed by atoms with Gasteiger partial charge in [0.2, 0.25) is 0 Å². The third-order valence-electron chi connectivity index (χ3n) is 6.22. The molecule has 5 heteroatoms. The topological polar surface area (TPSA) is 57.0 Å². The summed E-state index contributed by atoms with van der Waals surface area (Å²) < 4.78 is 7.42. The Labute approximate surface area is 189 Å². The molecule has 0 saturated heterocycles. The molecular formula is C27H29N3O2. The summed E-state index contributed by atoms with van der Waals surface area (Å²) in [5, 5.41) is 8.52. The van der Waals surface area contributed by atoms with Gasteiger partial charge >= 0.3 is 5.97 Å². The van der Waals surface area contributed by atoms with Crippen molar-refractivity contribution in [2.75, 3.05) is 0 Å². The fraction of sp³-hybridized carbons (Fsp3) is 0.296. The standard InChI is InChI=1S/C27H29N3O2/c1-5-21-15-22(12-11-18(21)2)24(16-26(31)32-17-20-9-7-6-8-10-20)23-13-14-25-27(19(23)3)28-29-30(25)4/h6-15,24H,5,16-17H2,1-4H3/t24-/m1/s1. The number of esters is 1. The Morgan fingerprint density at radius 2 is 1.84 bits per heavy atom. The van der Waals surface area contributed by atoms with Gasteiger partial charge in [0.25, 0.3) is 0 Å². The molecule has 164 valence electrons. The van der Waals surface area contributed by atoms with Crippen LogP contribution in [0.15, 0.2) is 60.7 Å². The van der Waals surface area contributed by atoms with E-state index in [9.17, 15) is 4.79 Å². The van der Waals surface area contributed by atoms with Crippen molar-refractivity contribution < 1.29 is 9.53 Å². The van der Waals surface area contributed by atoms with Gasteiger partial charge in [-0.2, -0.15) is 0 Å². The molecule has 4 rings (SSSR count). The van der Waals surface area contributed by atoms with Crippen LogP contribution in [0.4, 0.5) is 0 Å². The van der Waals surface area contributed by atoms with Crippen LogP contribution >= 0.6 is 0 Å². The fourth-order valence-corrected chi connectivity index (χ4v) is 4.29. The second kappa shape index (κ2) is 9.35. The first-order chi connectivity index (χ1) is 15.5. The number of rotatable bonds is 7. The lowest BCUT2D eigenvalue weighted by atomic mass is 9.84. The molecule has 1 heterocycles. The molecule has 0 aliphatic carbocycles. The number of ether oxygens (including phenoxy) is 1. The first kappa shape index (κ1) is 21.8. The number of carbonyl (C=O) groups excluding carboxylic acids is 1. The zero-order chi connectivity index (χ0) is 22.7. The van der Waals surface area contributed by atoms with Crippen LogP contribution < -0.4 is 0 Å². The number of fused-ring (bicyclic) bond motifs is 1. The van der Waals surface area contributed by atoms with Crippen LogP contribution in [0.5, 0.6) is 0 Å². The van der Waals surface area contributed by atoms with E-state index in [0.717, 1.165) is 39.7 Å². The monoisotopic (exact) mass is 427 g/mol. The van der Waals surface area contributed by atoms with Crippen molar-refractivity contribution in [2.24, 2.45) is 7.05 Å². The van der Waals surface area contributed by atoms with Gasteiger partial charge in [-0.3, -0.25) is 4.79 Å². The van der Waals surface area contributed by atoms with Crippen molar-refractivity contribution >= 4 is 17.0 Å². The van der Waals surface area contributed by atoms with Gasteiger partial charge in [0.05, 0.1) is 11.9 Å². The molecule has 5 nitrogen and oxygen atoms in total. The van der Waals surface area contributed by atoms with E-state index in [-0.39, 0.29) is 24.9 Å². The summed E-state index contributed by atoms with van der Waals surface area (Å²) in [6, 6.07) is 20.4. The predicted molar refractivity (Wildman–Crippen MR) is 127 cm³/mol. The molecule has 0 bridgehead atoms. The number of carbonyl (C=O) groups is 1. The highest BCUT2D eigenvalue weighted by Gasteiger charge is 2.23. The van der Waals surface area contributed by atoms with E-state index in [1.165, 1.54) is 11.1 Å². The maximum atomic E-state index is 12.9. The summed E-state index contributed by atoms with van der Waals surface area (Å²) >= 11 is 0. The first-order valence-electron chi connectivity index (χ1n) is 11.1. The van der Waals surface area contributed by atoms with Crippen LogP contribution in [-0.4, -0.2) is 21.0 Å². The average Bonchev–Trinajstić information content (AvgIpc) is 3.19. The molecule has 0 spiro atoms.